The lowest BCUT2D eigenvalue weighted by Gasteiger charge is -2.08. The number of nitrogens with zero attached hydrogens (tertiary/aromatic N) is 1. The molecular formula is C22H18N2O2. The van der Waals surface area contributed by atoms with Gasteiger partial charge in [0.15, 0.2) is 0 Å². The van der Waals surface area contributed by atoms with Gasteiger partial charge in [-0.15, -0.1) is 0 Å². The summed E-state index contributed by atoms with van der Waals surface area (Å²) in [5.74, 6) is -0.129. The van der Waals surface area contributed by atoms with Crippen molar-refractivity contribution in [3.05, 3.63) is 101 Å². The SMILES string of the molecule is N#Cc1ccc(COCc2ccc(NC(=O)c3ccccc3)cc2)cc1. The molecule has 0 saturated heterocycles. The lowest BCUT2D eigenvalue weighted by Crippen LogP contribution is -2.11. The van der Waals surface area contributed by atoms with E-state index in [1.807, 2.05) is 54.6 Å². The van der Waals surface area contributed by atoms with Crippen molar-refractivity contribution in [3.63, 3.8) is 0 Å². The van der Waals surface area contributed by atoms with Gasteiger partial charge in [-0.25, -0.2) is 0 Å². The van der Waals surface area contributed by atoms with E-state index in [0.717, 1.165) is 16.8 Å². The summed E-state index contributed by atoms with van der Waals surface area (Å²) >= 11 is 0. The Balaban J connectivity index is 1.49. The molecule has 0 fully saturated rings. The first kappa shape index (κ1) is 17.4. The third kappa shape index (κ3) is 4.79. The second kappa shape index (κ2) is 8.61. The average molecular weight is 342 g/mol. The maximum absolute atomic E-state index is 12.1. The fourth-order valence-corrected chi connectivity index (χ4v) is 2.44. The number of hydrogen-bond acceptors (Lipinski definition) is 3. The number of carbonyl (C=O) groups is 1. The van der Waals surface area contributed by atoms with Crippen molar-refractivity contribution >= 4 is 11.6 Å². The van der Waals surface area contributed by atoms with Crippen molar-refractivity contribution in [1.82, 2.24) is 0 Å². The van der Waals surface area contributed by atoms with Crippen LogP contribution in [-0.2, 0) is 18.0 Å². The fourth-order valence-electron chi connectivity index (χ4n) is 2.44. The lowest BCUT2D eigenvalue weighted by atomic mass is 10.1. The molecule has 0 aliphatic heterocycles. The van der Waals surface area contributed by atoms with Gasteiger partial charge in [0.2, 0.25) is 0 Å². The monoisotopic (exact) mass is 342 g/mol. The molecule has 3 aromatic carbocycles. The standard InChI is InChI=1S/C22H18N2O2/c23-14-17-6-8-18(9-7-17)15-26-16-19-10-12-21(13-11-19)24-22(25)20-4-2-1-3-5-20/h1-13H,15-16H2,(H,24,25). The van der Waals surface area contributed by atoms with Gasteiger partial charge in [0, 0.05) is 11.3 Å². The highest BCUT2D eigenvalue weighted by atomic mass is 16.5. The molecule has 1 N–H and O–H groups in total. The summed E-state index contributed by atoms with van der Waals surface area (Å²) in [6, 6.07) is 26.1. The number of benzene rings is 3. The molecule has 0 bridgehead atoms. The predicted molar refractivity (Wildman–Crippen MR) is 100 cm³/mol. The first-order valence-corrected chi connectivity index (χ1v) is 8.27. The normalized spacial score (nSPS) is 10.1. The maximum Gasteiger partial charge on any atom is 0.255 e. The van der Waals surface area contributed by atoms with Crippen LogP contribution in [0, 0.1) is 11.3 Å². The van der Waals surface area contributed by atoms with Gasteiger partial charge in [0.1, 0.15) is 0 Å². The van der Waals surface area contributed by atoms with Crippen molar-refractivity contribution in [2.24, 2.45) is 0 Å². The Morgan fingerprint density at radius 3 is 2.00 bits per heavy atom. The molecule has 4 heteroatoms. The molecule has 0 unspecified atom stereocenters. The number of nitrogens with one attached hydrogen (secondary N) is 1. The van der Waals surface area contributed by atoms with Crippen molar-refractivity contribution in [3.8, 4) is 6.07 Å². The number of hydrogen-bond donors (Lipinski definition) is 1. The van der Waals surface area contributed by atoms with Gasteiger partial charge in [-0.05, 0) is 47.5 Å². The molecule has 0 heterocycles. The highest BCUT2D eigenvalue weighted by molar-refractivity contribution is 6.04. The largest absolute Gasteiger partial charge is 0.372 e. The number of anilines is 1. The van der Waals surface area contributed by atoms with E-state index >= 15 is 0 Å². The van der Waals surface area contributed by atoms with Gasteiger partial charge < -0.3 is 10.1 Å². The molecule has 3 aromatic rings. The molecule has 128 valence electrons. The number of nitriles is 1. The molecule has 0 aliphatic carbocycles. The van der Waals surface area contributed by atoms with Crippen LogP contribution in [0.3, 0.4) is 0 Å². The van der Waals surface area contributed by atoms with Crippen LogP contribution in [0.4, 0.5) is 5.69 Å². The van der Waals surface area contributed by atoms with E-state index in [1.54, 1.807) is 24.3 Å². The average Bonchev–Trinajstić information content (AvgIpc) is 2.70. The van der Waals surface area contributed by atoms with Crippen LogP contribution < -0.4 is 5.32 Å². The number of rotatable bonds is 6. The summed E-state index contributed by atoms with van der Waals surface area (Å²) in [5, 5.41) is 11.7. The first-order chi connectivity index (χ1) is 12.7. The Labute approximate surface area is 152 Å². The molecular weight excluding hydrogens is 324 g/mol. The van der Waals surface area contributed by atoms with E-state index in [-0.39, 0.29) is 5.91 Å². The minimum atomic E-state index is -0.129. The van der Waals surface area contributed by atoms with Crippen molar-refractivity contribution in [2.75, 3.05) is 5.32 Å². The molecule has 0 aliphatic rings. The van der Waals surface area contributed by atoms with E-state index in [4.69, 9.17) is 10.00 Å². The van der Waals surface area contributed by atoms with Gasteiger partial charge in [-0.3, -0.25) is 4.79 Å². The summed E-state index contributed by atoms with van der Waals surface area (Å²) < 4.78 is 5.70. The van der Waals surface area contributed by atoms with E-state index in [9.17, 15) is 4.79 Å². The van der Waals surface area contributed by atoms with Crippen LogP contribution in [0.1, 0.15) is 27.0 Å². The molecule has 0 aromatic heterocycles. The number of ether oxygens (including phenoxy) is 1. The summed E-state index contributed by atoms with van der Waals surface area (Å²) in [7, 11) is 0. The zero-order valence-electron chi connectivity index (χ0n) is 14.2. The summed E-state index contributed by atoms with van der Waals surface area (Å²) in [6.07, 6.45) is 0. The van der Waals surface area contributed by atoms with Gasteiger partial charge in [0.25, 0.3) is 5.91 Å². The first-order valence-electron chi connectivity index (χ1n) is 8.27. The maximum atomic E-state index is 12.1. The van der Waals surface area contributed by atoms with Gasteiger partial charge in [-0.1, -0.05) is 42.5 Å². The van der Waals surface area contributed by atoms with Crippen molar-refractivity contribution in [1.29, 1.82) is 5.26 Å². The summed E-state index contributed by atoms with van der Waals surface area (Å²) in [4.78, 5) is 12.1. The van der Waals surface area contributed by atoms with E-state index in [0.29, 0.717) is 24.3 Å². The van der Waals surface area contributed by atoms with Crippen molar-refractivity contribution in [2.45, 2.75) is 13.2 Å². The highest BCUT2D eigenvalue weighted by Crippen LogP contribution is 2.13. The number of carbonyl (C=O) groups excluding carboxylic acids is 1. The third-order valence-electron chi connectivity index (χ3n) is 3.87. The molecule has 1 amide bonds. The minimum Gasteiger partial charge on any atom is -0.372 e. The topological polar surface area (TPSA) is 62.1 Å². The van der Waals surface area contributed by atoms with E-state index in [1.165, 1.54) is 0 Å². The Morgan fingerprint density at radius 1 is 0.846 bits per heavy atom. The molecule has 0 atom stereocenters. The molecule has 3 rings (SSSR count). The fraction of sp³-hybridized carbons (Fsp3) is 0.0909. The molecule has 0 radical (unpaired) electrons. The van der Waals surface area contributed by atoms with E-state index in [2.05, 4.69) is 11.4 Å². The zero-order valence-corrected chi connectivity index (χ0v) is 14.2. The Morgan fingerprint density at radius 2 is 1.42 bits per heavy atom. The van der Waals surface area contributed by atoms with Crippen LogP contribution in [0.25, 0.3) is 0 Å². The molecule has 0 saturated carbocycles. The second-order valence-corrected chi connectivity index (χ2v) is 5.82. The second-order valence-electron chi connectivity index (χ2n) is 5.82. The number of amides is 1. The summed E-state index contributed by atoms with van der Waals surface area (Å²) in [5.41, 5.74) is 4.06. The van der Waals surface area contributed by atoms with Gasteiger partial charge in [0.05, 0.1) is 24.8 Å². The van der Waals surface area contributed by atoms with Crippen LogP contribution in [0.2, 0.25) is 0 Å². The molecule has 0 spiro atoms. The van der Waals surface area contributed by atoms with Crippen LogP contribution in [-0.4, -0.2) is 5.91 Å². The zero-order chi connectivity index (χ0) is 18.2. The van der Waals surface area contributed by atoms with Crippen LogP contribution in [0.5, 0.6) is 0 Å². The van der Waals surface area contributed by atoms with Crippen molar-refractivity contribution < 1.29 is 9.53 Å². The van der Waals surface area contributed by atoms with E-state index < -0.39 is 0 Å². The third-order valence-corrected chi connectivity index (χ3v) is 3.87. The van der Waals surface area contributed by atoms with Gasteiger partial charge in [-0.2, -0.15) is 5.26 Å². The smallest absolute Gasteiger partial charge is 0.255 e. The van der Waals surface area contributed by atoms with Crippen LogP contribution >= 0.6 is 0 Å². The van der Waals surface area contributed by atoms with Crippen LogP contribution in [0.15, 0.2) is 78.9 Å². The Bertz CT molecular complexity index is 896. The minimum absolute atomic E-state index is 0.129. The molecule has 4 nitrogen and oxygen atoms in total. The lowest BCUT2D eigenvalue weighted by molar-refractivity contribution is 0.102. The summed E-state index contributed by atoms with van der Waals surface area (Å²) in [6.45, 7) is 0.963. The Kier molecular flexibility index (Phi) is 5.76. The highest BCUT2D eigenvalue weighted by Gasteiger charge is 2.05. The molecule has 26 heavy (non-hydrogen) atoms. The van der Waals surface area contributed by atoms with Gasteiger partial charge >= 0.3 is 0 Å². The quantitative estimate of drug-likeness (QED) is 0.716. The Hall–Kier alpha value is -3.42. The predicted octanol–water partition coefficient (Wildman–Crippen LogP) is 4.53.